The normalized spacial score (nSPS) is 12.2. The highest BCUT2D eigenvalue weighted by Crippen LogP contribution is 2.22. The summed E-state index contributed by atoms with van der Waals surface area (Å²) >= 11 is 6.11. The number of nitrogens with one attached hydrogen (secondary N) is 1. The van der Waals surface area contributed by atoms with Crippen LogP contribution in [0.5, 0.6) is 0 Å². The van der Waals surface area contributed by atoms with Gasteiger partial charge in [0.25, 0.3) is 0 Å². The van der Waals surface area contributed by atoms with E-state index in [1.54, 1.807) is 10.9 Å². The molecule has 20 heavy (non-hydrogen) atoms. The third-order valence-corrected chi connectivity index (χ3v) is 3.42. The van der Waals surface area contributed by atoms with Crippen LogP contribution in [0.2, 0.25) is 5.02 Å². The smallest absolute Gasteiger partial charge is 0.222 e. The van der Waals surface area contributed by atoms with E-state index in [4.69, 9.17) is 11.6 Å². The number of rotatable bonds is 5. The zero-order valence-corrected chi connectivity index (χ0v) is 12.4. The molecule has 1 heterocycles. The van der Waals surface area contributed by atoms with Crippen molar-refractivity contribution >= 4 is 17.5 Å². The lowest BCUT2D eigenvalue weighted by molar-refractivity contribution is -0.122. The Morgan fingerprint density at radius 1 is 1.45 bits per heavy atom. The van der Waals surface area contributed by atoms with Crippen LogP contribution in [0.1, 0.15) is 30.5 Å². The fourth-order valence-corrected chi connectivity index (χ4v) is 2.32. The van der Waals surface area contributed by atoms with Crippen molar-refractivity contribution in [1.82, 2.24) is 15.1 Å². The third-order valence-electron chi connectivity index (χ3n) is 3.08. The SMILES string of the molecule is Cc1cnn(CCC(=O)NC(C)c2ccccc2Cl)c1. The lowest BCUT2D eigenvalue weighted by Crippen LogP contribution is -2.27. The zero-order valence-electron chi connectivity index (χ0n) is 11.6. The molecule has 1 aromatic heterocycles. The first-order valence-electron chi connectivity index (χ1n) is 6.59. The summed E-state index contributed by atoms with van der Waals surface area (Å²) in [5.74, 6) is -0.00873. The van der Waals surface area contributed by atoms with E-state index in [1.807, 2.05) is 44.3 Å². The number of carbonyl (C=O) groups is 1. The molecule has 0 fully saturated rings. The number of hydrogen-bond acceptors (Lipinski definition) is 2. The number of amides is 1. The van der Waals surface area contributed by atoms with Gasteiger partial charge in [-0.15, -0.1) is 0 Å². The summed E-state index contributed by atoms with van der Waals surface area (Å²) in [7, 11) is 0. The Balaban J connectivity index is 1.87. The van der Waals surface area contributed by atoms with Crippen LogP contribution in [0.15, 0.2) is 36.7 Å². The standard InChI is InChI=1S/C15H18ClN3O/c1-11-9-17-19(10-11)8-7-15(20)18-12(2)13-5-3-4-6-14(13)16/h3-6,9-10,12H,7-8H2,1-2H3,(H,18,20). The molecule has 2 rings (SSSR count). The van der Waals surface area contributed by atoms with Crippen LogP contribution in [0.4, 0.5) is 0 Å². The van der Waals surface area contributed by atoms with Gasteiger partial charge in [0.05, 0.1) is 12.2 Å². The molecule has 0 aliphatic carbocycles. The Bertz CT molecular complexity index is 594. The maximum absolute atomic E-state index is 11.9. The van der Waals surface area contributed by atoms with Gasteiger partial charge in [-0.3, -0.25) is 9.48 Å². The predicted octanol–water partition coefficient (Wildman–Crippen LogP) is 3.11. The summed E-state index contributed by atoms with van der Waals surface area (Å²) in [6, 6.07) is 7.43. The van der Waals surface area contributed by atoms with Gasteiger partial charge in [0, 0.05) is 24.2 Å². The molecule has 1 unspecified atom stereocenters. The first-order valence-corrected chi connectivity index (χ1v) is 6.97. The Morgan fingerprint density at radius 3 is 2.85 bits per heavy atom. The van der Waals surface area contributed by atoms with E-state index in [9.17, 15) is 4.79 Å². The lowest BCUT2D eigenvalue weighted by Gasteiger charge is -2.15. The molecule has 1 amide bonds. The van der Waals surface area contributed by atoms with Gasteiger partial charge in [-0.2, -0.15) is 5.10 Å². The highest BCUT2D eigenvalue weighted by molar-refractivity contribution is 6.31. The minimum absolute atomic E-state index is 0.00873. The summed E-state index contributed by atoms with van der Waals surface area (Å²) in [4.78, 5) is 11.9. The average Bonchev–Trinajstić information content (AvgIpc) is 2.82. The van der Waals surface area contributed by atoms with Crippen molar-refractivity contribution in [3.63, 3.8) is 0 Å². The first kappa shape index (κ1) is 14.6. The lowest BCUT2D eigenvalue weighted by atomic mass is 10.1. The first-order chi connectivity index (χ1) is 9.56. The van der Waals surface area contributed by atoms with E-state index < -0.39 is 0 Å². The number of benzene rings is 1. The second kappa shape index (κ2) is 6.57. The Labute approximate surface area is 123 Å². The van der Waals surface area contributed by atoms with E-state index in [0.717, 1.165) is 11.1 Å². The zero-order chi connectivity index (χ0) is 14.5. The van der Waals surface area contributed by atoms with E-state index in [0.29, 0.717) is 18.0 Å². The summed E-state index contributed by atoms with van der Waals surface area (Å²) in [6.07, 6.45) is 4.10. The number of aryl methyl sites for hydroxylation is 2. The molecule has 1 aromatic carbocycles. The molecule has 5 heteroatoms. The van der Waals surface area contributed by atoms with Crippen LogP contribution in [-0.4, -0.2) is 15.7 Å². The molecular formula is C15H18ClN3O. The molecule has 0 radical (unpaired) electrons. The van der Waals surface area contributed by atoms with E-state index >= 15 is 0 Å². The van der Waals surface area contributed by atoms with Crippen LogP contribution in [0.25, 0.3) is 0 Å². The van der Waals surface area contributed by atoms with Crippen molar-refractivity contribution in [2.45, 2.75) is 32.9 Å². The highest BCUT2D eigenvalue weighted by Gasteiger charge is 2.12. The van der Waals surface area contributed by atoms with Crippen molar-refractivity contribution in [2.75, 3.05) is 0 Å². The molecule has 1 atom stereocenters. The van der Waals surface area contributed by atoms with Crippen LogP contribution in [0.3, 0.4) is 0 Å². The number of aromatic nitrogens is 2. The number of carbonyl (C=O) groups excluding carboxylic acids is 1. The summed E-state index contributed by atoms with van der Waals surface area (Å²) in [6.45, 7) is 4.48. The minimum Gasteiger partial charge on any atom is -0.349 e. The largest absolute Gasteiger partial charge is 0.349 e. The van der Waals surface area contributed by atoms with Crippen LogP contribution >= 0.6 is 11.6 Å². The predicted molar refractivity (Wildman–Crippen MR) is 79.6 cm³/mol. The van der Waals surface area contributed by atoms with Crippen LogP contribution in [-0.2, 0) is 11.3 Å². The Morgan fingerprint density at radius 2 is 2.20 bits per heavy atom. The highest BCUT2D eigenvalue weighted by atomic mass is 35.5. The van der Waals surface area contributed by atoms with E-state index in [1.165, 1.54) is 0 Å². The summed E-state index contributed by atoms with van der Waals surface area (Å²) in [5.41, 5.74) is 2.02. The van der Waals surface area contributed by atoms with Crippen molar-refractivity contribution < 1.29 is 4.79 Å². The summed E-state index contributed by atoms with van der Waals surface area (Å²) in [5, 5.41) is 7.77. The number of nitrogens with zero attached hydrogens (tertiary/aromatic N) is 2. The van der Waals surface area contributed by atoms with Crippen LogP contribution in [0, 0.1) is 6.92 Å². The van der Waals surface area contributed by atoms with Crippen molar-refractivity contribution in [3.8, 4) is 0 Å². The molecule has 0 saturated heterocycles. The fraction of sp³-hybridized carbons (Fsp3) is 0.333. The topological polar surface area (TPSA) is 46.9 Å². The van der Waals surface area contributed by atoms with Gasteiger partial charge in [0.2, 0.25) is 5.91 Å². The van der Waals surface area contributed by atoms with Gasteiger partial charge < -0.3 is 5.32 Å². The van der Waals surface area contributed by atoms with E-state index in [-0.39, 0.29) is 11.9 Å². The molecular weight excluding hydrogens is 274 g/mol. The van der Waals surface area contributed by atoms with Gasteiger partial charge in [0.15, 0.2) is 0 Å². The van der Waals surface area contributed by atoms with Gasteiger partial charge in [-0.1, -0.05) is 29.8 Å². The van der Waals surface area contributed by atoms with Crippen LogP contribution < -0.4 is 5.32 Å². The number of hydrogen-bond donors (Lipinski definition) is 1. The van der Waals surface area contributed by atoms with Gasteiger partial charge in [-0.25, -0.2) is 0 Å². The quantitative estimate of drug-likeness (QED) is 0.920. The van der Waals surface area contributed by atoms with Crippen molar-refractivity contribution in [3.05, 3.63) is 52.8 Å². The second-order valence-electron chi connectivity index (χ2n) is 4.84. The molecule has 4 nitrogen and oxygen atoms in total. The van der Waals surface area contributed by atoms with Crippen molar-refractivity contribution in [2.24, 2.45) is 0 Å². The maximum atomic E-state index is 11.9. The Kier molecular flexibility index (Phi) is 4.79. The molecule has 0 aliphatic heterocycles. The van der Waals surface area contributed by atoms with Gasteiger partial charge in [0.1, 0.15) is 0 Å². The molecule has 1 N–H and O–H groups in total. The molecule has 0 saturated carbocycles. The monoisotopic (exact) mass is 291 g/mol. The molecule has 0 spiro atoms. The van der Waals surface area contributed by atoms with Gasteiger partial charge in [-0.05, 0) is 31.0 Å². The molecule has 0 aliphatic rings. The molecule has 106 valence electrons. The Hall–Kier alpha value is -1.81. The van der Waals surface area contributed by atoms with Gasteiger partial charge >= 0.3 is 0 Å². The fourth-order valence-electron chi connectivity index (χ4n) is 2.02. The minimum atomic E-state index is -0.101. The molecule has 2 aromatic rings. The van der Waals surface area contributed by atoms with Crippen molar-refractivity contribution in [1.29, 1.82) is 0 Å². The summed E-state index contributed by atoms with van der Waals surface area (Å²) < 4.78 is 1.77. The molecule has 0 bridgehead atoms. The number of halogens is 1. The second-order valence-corrected chi connectivity index (χ2v) is 5.25. The third kappa shape index (κ3) is 3.84. The van der Waals surface area contributed by atoms with E-state index in [2.05, 4.69) is 10.4 Å². The maximum Gasteiger partial charge on any atom is 0.222 e. The average molecular weight is 292 g/mol.